The van der Waals surface area contributed by atoms with Crippen molar-refractivity contribution >= 4 is 0 Å². The zero-order valence-corrected chi connectivity index (χ0v) is 51.6. The normalized spacial score (nSPS) is 13.5. The molecule has 0 saturated carbocycles. The Hall–Kier alpha value is -0.160. The van der Waals surface area contributed by atoms with Crippen LogP contribution < -0.4 is 0 Å². The van der Waals surface area contributed by atoms with Gasteiger partial charge in [0.15, 0.2) is 0 Å². The minimum absolute atomic E-state index is 1.22. The molecule has 0 spiro atoms. The second-order valence-electron chi connectivity index (χ2n) is 23.9. The Morgan fingerprint density at radius 3 is 0.556 bits per heavy atom. The molecule has 0 aromatic heterocycles. The van der Waals surface area contributed by atoms with Crippen LogP contribution in [0.5, 0.6) is 0 Å². The monoisotopic (exact) mass is 1020 g/mol. The SMILES string of the molecule is CCCCCCCCCCCCN(CCCCCCCCCCCC)CCCCCCCCCCCC.CCCCCCCCCCCCN(CCCCCCCCCCCC)CCN1CCN(CC)CC1. The van der Waals surface area contributed by atoms with Gasteiger partial charge in [-0.25, -0.2) is 0 Å². The van der Waals surface area contributed by atoms with Crippen molar-refractivity contribution in [1.82, 2.24) is 19.6 Å². The number of rotatable bonds is 59. The van der Waals surface area contributed by atoms with Gasteiger partial charge in [0.25, 0.3) is 0 Å². The van der Waals surface area contributed by atoms with Gasteiger partial charge in [-0.3, -0.25) is 4.90 Å². The molecule has 0 bridgehead atoms. The largest absolute Gasteiger partial charge is 0.303 e. The Bertz CT molecular complexity index is 852. The van der Waals surface area contributed by atoms with E-state index in [-0.39, 0.29) is 0 Å². The van der Waals surface area contributed by atoms with Crippen molar-refractivity contribution < 1.29 is 0 Å². The third-order valence-corrected chi connectivity index (χ3v) is 16.8. The minimum Gasteiger partial charge on any atom is -0.303 e. The second-order valence-corrected chi connectivity index (χ2v) is 23.9. The molecular weight excluding hydrogens is 873 g/mol. The second kappa shape index (κ2) is 63.4. The minimum atomic E-state index is 1.22. The average Bonchev–Trinajstić information content (AvgIpc) is 3.40. The lowest BCUT2D eigenvalue weighted by Gasteiger charge is -2.35. The van der Waals surface area contributed by atoms with Gasteiger partial charge >= 0.3 is 0 Å². The summed E-state index contributed by atoms with van der Waals surface area (Å²) in [6, 6.07) is 0. The number of likely N-dealkylation sites (N-methyl/N-ethyl adjacent to an activating group) is 1. The first-order valence-electron chi connectivity index (χ1n) is 34.5. The van der Waals surface area contributed by atoms with Crippen LogP contribution in [0.3, 0.4) is 0 Å². The van der Waals surface area contributed by atoms with E-state index in [0.717, 1.165) is 0 Å². The predicted molar refractivity (Wildman–Crippen MR) is 331 cm³/mol. The fourth-order valence-electron chi connectivity index (χ4n) is 11.4. The summed E-state index contributed by atoms with van der Waals surface area (Å²) in [4.78, 5) is 11.0. The first-order chi connectivity index (χ1) is 35.6. The molecule has 0 radical (unpaired) electrons. The quantitative estimate of drug-likeness (QED) is 0.0563. The van der Waals surface area contributed by atoms with Gasteiger partial charge in [-0.15, -0.1) is 0 Å². The van der Waals surface area contributed by atoms with Crippen LogP contribution in [0, 0.1) is 0 Å². The molecule has 0 N–H and O–H groups in total. The molecular formula is C68H142N4. The first kappa shape index (κ1) is 71.8. The standard InChI is InChI=1S/C36H75N.C32H67N3/c1-4-7-10-13-16-19-22-25-28-31-34-37(35-32-29-26-23-20-17-14-11-8-5-2)36-33-30-27-24-21-18-15-12-9-6-3;1-4-7-9-11-13-15-17-19-21-23-25-34(31-32-35-29-27-33(6-3)28-30-35)26-24-22-20-18-16-14-12-10-8-5-2/h4-36H2,1-3H3;4-32H2,1-3H3. The summed E-state index contributed by atoms with van der Waals surface area (Å²) in [7, 11) is 0. The molecule has 1 aliphatic heterocycles. The highest BCUT2D eigenvalue weighted by atomic mass is 15.3. The van der Waals surface area contributed by atoms with E-state index in [0.29, 0.717) is 0 Å². The molecule has 0 amide bonds. The Kier molecular flexibility index (Phi) is 63.2. The van der Waals surface area contributed by atoms with E-state index < -0.39 is 0 Å². The van der Waals surface area contributed by atoms with Crippen LogP contribution in [0.2, 0.25) is 0 Å². The number of hydrogen-bond acceptors (Lipinski definition) is 4. The summed E-state index contributed by atoms with van der Waals surface area (Å²) in [5.74, 6) is 0. The molecule has 72 heavy (non-hydrogen) atoms. The zero-order chi connectivity index (χ0) is 52.2. The van der Waals surface area contributed by atoms with E-state index in [1.165, 1.54) is 400 Å². The van der Waals surface area contributed by atoms with Gasteiger partial charge in [-0.05, 0) is 71.4 Å². The maximum atomic E-state index is 2.85. The predicted octanol–water partition coefficient (Wildman–Crippen LogP) is 21.8. The van der Waals surface area contributed by atoms with Gasteiger partial charge < -0.3 is 14.7 Å². The van der Waals surface area contributed by atoms with Crippen molar-refractivity contribution in [1.29, 1.82) is 0 Å². The lowest BCUT2D eigenvalue weighted by molar-refractivity contribution is 0.121. The van der Waals surface area contributed by atoms with Gasteiger partial charge in [-0.2, -0.15) is 0 Å². The number of unbranched alkanes of at least 4 members (excludes halogenated alkanes) is 45. The fourth-order valence-corrected chi connectivity index (χ4v) is 11.4. The highest BCUT2D eigenvalue weighted by Crippen LogP contribution is 2.17. The molecule has 0 aromatic carbocycles. The van der Waals surface area contributed by atoms with Gasteiger partial charge in [0, 0.05) is 39.3 Å². The van der Waals surface area contributed by atoms with Gasteiger partial charge in [0.1, 0.15) is 0 Å². The third-order valence-electron chi connectivity index (χ3n) is 16.8. The maximum Gasteiger partial charge on any atom is 0.0110 e. The van der Waals surface area contributed by atoms with E-state index in [2.05, 4.69) is 61.1 Å². The van der Waals surface area contributed by atoms with Crippen molar-refractivity contribution in [2.45, 2.75) is 363 Å². The van der Waals surface area contributed by atoms with Gasteiger partial charge in [0.2, 0.25) is 0 Å². The number of hydrogen-bond donors (Lipinski definition) is 0. The fraction of sp³-hybridized carbons (Fsp3) is 1.00. The molecule has 0 unspecified atom stereocenters. The molecule has 1 rings (SSSR count). The van der Waals surface area contributed by atoms with E-state index in [4.69, 9.17) is 0 Å². The lowest BCUT2D eigenvalue weighted by Crippen LogP contribution is -2.48. The highest BCUT2D eigenvalue weighted by molar-refractivity contribution is 4.73. The summed E-state index contributed by atoms with van der Waals surface area (Å²) in [5, 5.41) is 0. The van der Waals surface area contributed by atoms with E-state index in [9.17, 15) is 0 Å². The molecule has 1 aliphatic rings. The van der Waals surface area contributed by atoms with Crippen LogP contribution in [-0.4, -0.2) is 98.1 Å². The van der Waals surface area contributed by atoms with E-state index in [1.54, 1.807) is 0 Å². The van der Waals surface area contributed by atoms with E-state index >= 15 is 0 Å². The van der Waals surface area contributed by atoms with Crippen LogP contribution in [0.25, 0.3) is 0 Å². The first-order valence-corrected chi connectivity index (χ1v) is 34.5. The molecule has 0 aliphatic carbocycles. The number of nitrogens with zero attached hydrogens (tertiary/aromatic N) is 4. The molecule has 1 heterocycles. The van der Waals surface area contributed by atoms with Crippen molar-refractivity contribution in [3.8, 4) is 0 Å². The Morgan fingerprint density at radius 1 is 0.194 bits per heavy atom. The molecule has 1 saturated heterocycles. The van der Waals surface area contributed by atoms with Gasteiger partial charge in [0.05, 0.1) is 0 Å². The van der Waals surface area contributed by atoms with Crippen molar-refractivity contribution in [2.24, 2.45) is 0 Å². The Labute approximate surface area is 458 Å². The van der Waals surface area contributed by atoms with Crippen molar-refractivity contribution in [3.05, 3.63) is 0 Å². The molecule has 4 nitrogen and oxygen atoms in total. The maximum absolute atomic E-state index is 2.85. The van der Waals surface area contributed by atoms with E-state index in [1.807, 2.05) is 0 Å². The van der Waals surface area contributed by atoms with Crippen LogP contribution >= 0.6 is 0 Å². The highest BCUT2D eigenvalue weighted by Gasteiger charge is 2.16. The van der Waals surface area contributed by atoms with Crippen LogP contribution in [0.4, 0.5) is 0 Å². The van der Waals surface area contributed by atoms with Crippen LogP contribution in [-0.2, 0) is 0 Å². The number of piperazine rings is 1. The Morgan fingerprint density at radius 2 is 0.361 bits per heavy atom. The Balaban J connectivity index is 0.00000140. The van der Waals surface area contributed by atoms with Gasteiger partial charge in [-0.1, -0.05) is 330 Å². The van der Waals surface area contributed by atoms with Crippen molar-refractivity contribution in [2.75, 3.05) is 78.5 Å². The third kappa shape index (κ3) is 56.1. The van der Waals surface area contributed by atoms with Crippen LogP contribution in [0.1, 0.15) is 363 Å². The molecule has 434 valence electrons. The summed E-state index contributed by atoms with van der Waals surface area (Å²) in [6.45, 7) is 29.5. The molecule has 4 heteroatoms. The molecule has 0 atom stereocenters. The topological polar surface area (TPSA) is 13.0 Å². The zero-order valence-electron chi connectivity index (χ0n) is 51.6. The summed E-state index contributed by atoms with van der Waals surface area (Å²) in [6.07, 6.45) is 72.5. The summed E-state index contributed by atoms with van der Waals surface area (Å²) >= 11 is 0. The summed E-state index contributed by atoms with van der Waals surface area (Å²) in [5.41, 5.74) is 0. The molecule has 1 fully saturated rings. The van der Waals surface area contributed by atoms with Crippen molar-refractivity contribution in [3.63, 3.8) is 0 Å². The molecule has 0 aromatic rings. The summed E-state index contributed by atoms with van der Waals surface area (Å²) < 4.78 is 0. The lowest BCUT2D eigenvalue weighted by atomic mass is 10.1. The van der Waals surface area contributed by atoms with Crippen LogP contribution in [0.15, 0.2) is 0 Å². The average molecular weight is 1020 g/mol. The smallest absolute Gasteiger partial charge is 0.0110 e.